The second-order valence-corrected chi connectivity index (χ2v) is 8.28. The summed E-state index contributed by atoms with van der Waals surface area (Å²) >= 11 is 7.84. The van der Waals surface area contributed by atoms with E-state index in [9.17, 15) is 4.79 Å². The first-order valence-corrected chi connectivity index (χ1v) is 10.4. The van der Waals surface area contributed by atoms with Crippen molar-refractivity contribution in [3.8, 4) is 0 Å². The molecule has 3 rings (SSSR count). The van der Waals surface area contributed by atoms with Crippen molar-refractivity contribution in [1.82, 2.24) is 10.2 Å². The first-order chi connectivity index (χ1) is 12.6. The number of anilines is 1. The van der Waals surface area contributed by atoms with Crippen LogP contribution in [0, 0.1) is 12.8 Å². The second kappa shape index (κ2) is 8.78. The minimum atomic E-state index is 0.0262. The van der Waals surface area contributed by atoms with Crippen LogP contribution in [0.3, 0.4) is 0 Å². The molecule has 2 amide bonds. The van der Waals surface area contributed by atoms with Gasteiger partial charge in [-0.25, -0.2) is 4.79 Å². The maximum absolute atomic E-state index is 12.5. The van der Waals surface area contributed by atoms with E-state index in [0.29, 0.717) is 19.0 Å². The number of amides is 2. The average Bonchev–Trinajstić information content (AvgIpc) is 3.31. The molecule has 1 aliphatic heterocycles. The lowest BCUT2D eigenvalue weighted by Crippen LogP contribution is -2.41. The highest BCUT2D eigenvalue weighted by molar-refractivity contribution is 7.09. The van der Waals surface area contributed by atoms with E-state index >= 15 is 0 Å². The van der Waals surface area contributed by atoms with Crippen molar-refractivity contribution >= 4 is 34.7 Å². The number of urea groups is 1. The first kappa shape index (κ1) is 19.1. The molecule has 1 N–H and O–H groups in total. The Morgan fingerprint density at radius 1 is 1.42 bits per heavy atom. The molecule has 1 aliphatic rings. The molecule has 2 heterocycles. The molecular formula is C20H26ClN3OS. The molecule has 0 aliphatic carbocycles. The number of thiophene rings is 1. The van der Waals surface area contributed by atoms with Crippen molar-refractivity contribution in [3.63, 3.8) is 0 Å². The number of carbonyl (C=O) groups is 1. The predicted octanol–water partition coefficient (Wildman–Crippen LogP) is 4.77. The van der Waals surface area contributed by atoms with E-state index < -0.39 is 0 Å². The molecule has 0 bridgehead atoms. The summed E-state index contributed by atoms with van der Waals surface area (Å²) in [4.78, 5) is 17.9. The summed E-state index contributed by atoms with van der Waals surface area (Å²) in [5, 5.41) is 5.95. The van der Waals surface area contributed by atoms with Crippen molar-refractivity contribution in [2.45, 2.75) is 26.8 Å². The Labute approximate surface area is 164 Å². The summed E-state index contributed by atoms with van der Waals surface area (Å²) in [6, 6.07) is 10.2. The number of rotatable bonds is 6. The largest absolute Gasteiger partial charge is 0.371 e. The minimum absolute atomic E-state index is 0.0262. The summed E-state index contributed by atoms with van der Waals surface area (Å²) in [5.74, 6) is 0.470. The van der Waals surface area contributed by atoms with E-state index in [0.717, 1.165) is 31.1 Å². The summed E-state index contributed by atoms with van der Waals surface area (Å²) in [6.45, 7) is 8.21. The number of halogens is 1. The number of carbonyl (C=O) groups excluding carboxylic acids is 1. The lowest BCUT2D eigenvalue weighted by molar-refractivity contribution is 0.197. The molecule has 0 spiro atoms. The van der Waals surface area contributed by atoms with Crippen molar-refractivity contribution in [2.24, 2.45) is 5.92 Å². The SMILES string of the molecule is CCN(Cc1cccs1)C(=O)NCC1CCN(c2cc(Cl)ccc2C)C1. The molecule has 2 aromatic rings. The van der Waals surface area contributed by atoms with Crippen LogP contribution >= 0.6 is 22.9 Å². The third kappa shape index (κ3) is 4.71. The van der Waals surface area contributed by atoms with Gasteiger partial charge in [0.2, 0.25) is 0 Å². The molecule has 4 nitrogen and oxygen atoms in total. The Hall–Kier alpha value is -1.72. The standard InChI is InChI=1S/C20H26ClN3OS/c1-3-23(14-18-5-4-10-26-18)20(25)22-12-16-8-9-24(13-16)19-11-17(21)7-6-15(19)2/h4-7,10-11,16H,3,8-9,12-14H2,1-2H3,(H,22,25). The first-order valence-electron chi connectivity index (χ1n) is 9.13. The van der Waals surface area contributed by atoms with Crippen molar-refractivity contribution in [3.05, 3.63) is 51.2 Å². The maximum atomic E-state index is 12.5. The van der Waals surface area contributed by atoms with Gasteiger partial charge in [0.05, 0.1) is 6.54 Å². The number of nitrogens with zero attached hydrogens (tertiary/aromatic N) is 2. The number of nitrogens with one attached hydrogen (secondary N) is 1. The van der Waals surface area contributed by atoms with Gasteiger partial charge in [0.15, 0.2) is 0 Å². The Balaban J connectivity index is 1.50. The van der Waals surface area contributed by atoms with Gasteiger partial charge in [-0.2, -0.15) is 0 Å². The number of aryl methyl sites for hydroxylation is 1. The normalized spacial score (nSPS) is 16.7. The van der Waals surface area contributed by atoms with Crippen molar-refractivity contribution in [2.75, 3.05) is 31.1 Å². The topological polar surface area (TPSA) is 35.6 Å². The second-order valence-electron chi connectivity index (χ2n) is 6.81. The van der Waals surface area contributed by atoms with E-state index in [2.05, 4.69) is 29.3 Å². The quantitative estimate of drug-likeness (QED) is 0.769. The van der Waals surface area contributed by atoms with Gasteiger partial charge in [0, 0.05) is 41.8 Å². The number of benzene rings is 1. The molecule has 6 heteroatoms. The van der Waals surface area contributed by atoms with Gasteiger partial charge < -0.3 is 15.1 Å². The van der Waals surface area contributed by atoms with Crippen LogP contribution in [0.25, 0.3) is 0 Å². The van der Waals surface area contributed by atoms with Crippen LogP contribution < -0.4 is 10.2 Å². The zero-order chi connectivity index (χ0) is 18.5. The van der Waals surface area contributed by atoms with Gasteiger partial charge in [0.25, 0.3) is 0 Å². The molecular weight excluding hydrogens is 366 g/mol. The third-order valence-corrected chi connectivity index (χ3v) is 6.03. The van der Waals surface area contributed by atoms with Crippen LogP contribution in [-0.4, -0.2) is 37.1 Å². The zero-order valence-electron chi connectivity index (χ0n) is 15.4. The summed E-state index contributed by atoms with van der Waals surface area (Å²) in [7, 11) is 0. The molecule has 1 fully saturated rings. The molecule has 0 saturated carbocycles. The fourth-order valence-corrected chi connectivity index (χ4v) is 4.29. The summed E-state index contributed by atoms with van der Waals surface area (Å²) in [5.41, 5.74) is 2.45. The van der Waals surface area contributed by atoms with Gasteiger partial charge in [-0.15, -0.1) is 11.3 Å². The Morgan fingerprint density at radius 3 is 3.00 bits per heavy atom. The molecule has 0 radical (unpaired) electrons. The van der Waals surface area contributed by atoms with Crippen LogP contribution in [-0.2, 0) is 6.54 Å². The highest BCUT2D eigenvalue weighted by atomic mass is 35.5. The Kier molecular flexibility index (Phi) is 6.43. The Bertz CT molecular complexity index is 735. The third-order valence-electron chi connectivity index (χ3n) is 4.94. The zero-order valence-corrected chi connectivity index (χ0v) is 16.9. The van der Waals surface area contributed by atoms with Crippen LogP contribution in [0.4, 0.5) is 10.5 Å². The van der Waals surface area contributed by atoms with Gasteiger partial charge in [-0.1, -0.05) is 23.7 Å². The predicted molar refractivity (Wildman–Crippen MR) is 110 cm³/mol. The van der Waals surface area contributed by atoms with Crippen LogP contribution in [0.15, 0.2) is 35.7 Å². The van der Waals surface area contributed by atoms with Gasteiger partial charge in [0.1, 0.15) is 0 Å². The molecule has 1 saturated heterocycles. The fourth-order valence-electron chi connectivity index (χ4n) is 3.40. The van der Waals surface area contributed by atoms with E-state index in [-0.39, 0.29) is 6.03 Å². The molecule has 1 aromatic heterocycles. The molecule has 140 valence electrons. The minimum Gasteiger partial charge on any atom is -0.371 e. The molecule has 1 atom stereocenters. The van der Waals surface area contributed by atoms with Crippen LogP contribution in [0.5, 0.6) is 0 Å². The summed E-state index contributed by atoms with van der Waals surface area (Å²) in [6.07, 6.45) is 1.09. The number of hydrogen-bond acceptors (Lipinski definition) is 3. The maximum Gasteiger partial charge on any atom is 0.317 e. The summed E-state index contributed by atoms with van der Waals surface area (Å²) < 4.78 is 0. The van der Waals surface area contributed by atoms with E-state index in [1.54, 1.807) is 11.3 Å². The monoisotopic (exact) mass is 391 g/mol. The smallest absolute Gasteiger partial charge is 0.317 e. The lowest BCUT2D eigenvalue weighted by Gasteiger charge is -2.23. The van der Waals surface area contributed by atoms with Crippen molar-refractivity contribution < 1.29 is 4.79 Å². The average molecular weight is 392 g/mol. The Morgan fingerprint density at radius 2 is 2.27 bits per heavy atom. The number of hydrogen-bond donors (Lipinski definition) is 1. The molecule has 1 aromatic carbocycles. The van der Waals surface area contributed by atoms with E-state index in [4.69, 9.17) is 11.6 Å². The van der Waals surface area contributed by atoms with E-state index in [1.807, 2.05) is 35.4 Å². The lowest BCUT2D eigenvalue weighted by atomic mass is 10.1. The van der Waals surface area contributed by atoms with Gasteiger partial charge >= 0.3 is 6.03 Å². The van der Waals surface area contributed by atoms with Crippen LogP contribution in [0.2, 0.25) is 5.02 Å². The van der Waals surface area contributed by atoms with E-state index in [1.165, 1.54) is 16.1 Å². The highest BCUT2D eigenvalue weighted by Crippen LogP contribution is 2.29. The van der Waals surface area contributed by atoms with Crippen molar-refractivity contribution in [1.29, 1.82) is 0 Å². The molecule has 26 heavy (non-hydrogen) atoms. The van der Waals surface area contributed by atoms with Gasteiger partial charge in [-0.05, 0) is 55.3 Å². The van der Waals surface area contributed by atoms with Crippen LogP contribution in [0.1, 0.15) is 23.8 Å². The highest BCUT2D eigenvalue weighted by Gasteiger charge is 2.25. The molecule has 1 unspecified atom stereocenters. The van der Waals surface area contributed by atoms with Gasteiger partial charge in [-0.3, -0.25) is 0 Å². The fraction of sp³-hybridized carbons (Fsp3) is 0.450.